The number of carboxylic acid groups (broad SMARTS) is 1. The lowest BCUT2D eigenvalue weighted by Crippen LogP contribution is -2.10. The van der Waals surface area contributed by atoms with Crippen molar-refractivity contribution in [2.45, 2.75) is 33.1 Å². The van der Waals surface area contributed by atoms with Gasteiger partial charge in [0.05, 0.1) is 5.92 Å². The highest BCUT2D eigenvalue weighted by Crippen LogP contribution is 2.25. The molecule has 1 N–H and O–H groups in total. The van der Waals surface area contributed by atoms with Crippen molar-refractivity contribution in [3.05, 3.63) is 23.2 Å². The van der Waals surface area contributed by atoms with Gasteiger partial charge >= 0.3 is 5.97 Å². The minimum Gasteiger partial charge on any atom is -0.481 e. The van der Waals surface area contributed by atoms with Crippen molar-refractivity contribution >= 4 is 5.97 Å². The first kappa shape index (κ1) is 9.84. The van der Waals surface area contributed by atoms with Crippen molar-refractivity contribution in [3.8, 4) is 0 Å². The molecule has 3 nitrogen and oxygen atoms in total. The Kier molecular flexibility index (Phi) is 2.76. The topological polar surface area (TPSA) is 50.4 Å². The van der Waals surface area contributed by atoms with Crippen LogP contribution in [0, 0.1) is 13.8 Å². The zero-order valence-corrected chi connectivity index (χ0v) is 8.13. The van der Waals surface area contributed by atoms with Crippen LogP contribution in [0.2, 0.25) is 0 Å². The second kappa shape index (κ2) is 3.64. The second-order valence-electron chi connectivity index (χ2n) is 3.17. The summed E-state index contributed by atoms with van der Waals surface area (Å²) in [4.78, 5) is 10.9. The molecule has 1 unspecified atom stereocenters. The molecule has 0 radical (unpaired) electrons. The molecule has 0 saturated carbocycles. The molecule has 1 rings (SSSR count). The molecule has 3 heteroatoms. The van der Waals surface area contributed by atoms with Crippen LogP contribution in [0.5, 0.6) is 0 Å². The van der Waals surface area contributed by atoms with E-state index in [0.717, 1.165) is 11.3 Å². The van der Waals surface area contributed by atoms with Crippen molar-refractivity contribution in [3.63, 3.8) is 0 Å². The average Bonchev–Trinajstić information content (AvgIpc) is 2.31. The molecule has 13 heavy (non-hydrogen) atoms. The molecule has 0 fully saturated rings. The van der Waals surface area contributed by atoms with E-state index in [0.29, 0.717) is 12.2 Å². The maximum Gasteiger partial charge on any atom is 0.311 e. The van der Waals surface area contributed by atoms with Crippen molar-refractivity contribution in [2.75, 3.05) is 0 Å². The molecule has 0 aliphatic heterocycles. The summed E-state index contributed by atoms with van der Waals surface area (Å²) in [5.41, 5.74) is 0.799. The van der Waals surface area contributed by atoms with Crippen LogP contribution < -0.4 is 0 Å². The highest BCUT2D eigenvalue weighted by Gasteiger charge is 2.21. The molecule has 72 valence electrons. The van der Waals surface area contributed by atoms with Crippen molar-refractivity contribution < 1.29 is 14.3 Å². The van der Waals surface area contributed by atoms with E-state index in [2.05, 4.69) is 0 Å². The summed E-state index contributed by atoms with van der Waals surface area (Å²) >= 11 is 0. The Bertz CT molecular complexity index is 312. The van der Waals surface area contributed by atoms with Gasteiger partial charge in [-0.2, -0.15) is 0 Å². The third kappa shape index (κ3) is 1.91. The van der Waals surface area contributed by atoms with Crippen LogP contribution in [0.15, 0.2) is 10.5 Å². The quantitative estimate of drug-likeness (QED) is 0.781. The summed E-state index contributed by atoms with van der Waals surface area (Å²) in [7, 11) is 0. The summed E-state index contributed by atoms with van der Waals surface area (Å²) in [6.07, 6.45) is 0.592. The number of aryl methyl sites for hydroxylation is 2. The van der Waals surface area contributed by atoms with Crippen molar-refractivity contribution in [2.24, 2.45) is 0 Å². The Morgan fingerprint density at radius 3 is 2.54 bits per heavy atom. The Balaban J connectivity index is 3.04. The lowest BCUT2D eigenvalue weighted by molar-refractivity contribution is -0.138. The summed E-state index contributed by atoms with van der Waals surface area (Å²) in [5, 5.41) is 8.92. The van der Waals surface area contributed by atoms with Gasteiger partial charge in [0.15, 0.2) is 0 Å². The highest BCUT2D eigenvalue weighted by atomic mass is 16.4. The zero-order chi connectivity index (χ0) is 10.0. The molecule has 0 aliphatic rings. The van der Waals surface area contributed by atoms with Gasteiger partial charge < -0.3 is 9.52 Å². The molecular formula is C10H14O3. The maximum absolute atomic E-state index is 10.9. The Labute approximate surface area is 77.4 Å². The van der Waals surface area contributed by atoms with Crippen LogP contribution in [0.1, 0.15) is 36.3 Å². The van der Waals surface area contributed by atoms with Gasteiger partial charge in [-0.15, -0.1) is 0 Å². The Morgan fingerprint density at radius 1 is 1.62 bits per heavy atom. The number of hydrogen-bond acceptors (Lipinski definition) is 2. The molecule has 1 aromatic rings. The van der Waals surface area contributed by atoms with E-state index in [1.807, 2.05) is 13.8 Å². The second-order valence-corrected chi connectivity index (χ2v) is 3.17. The predicted octanol–water partition coefficient (Wildman–Crippen LogP) is 2.47. The van der Waals surface area contributed by atoms with E-state index in [1.165, 1.54) is 0 Å². The van der Waals surface area contributed by atoms with E-state index >= 15 is 0 Å². The fraction of sp³-hybridized carbons (Fsp3) is 0.500. The monoisotopic (exact) mass is 182 g/mol. The van der Waals surface area contributed by atoms with Crippen molar-refractivity contribution in [1.82, 2.24) is 0 Å². The van der Waals surface area contributed by atoms with E-state index in [4.69, 9.17) is 9.52 Å². The van der Waals surface area contributed by atoms with Crippen LogP contribution >= 0.6 is 0 Å². The molecule has 1 atom stereocenters. The van der Waals surface area contributed by atoms with Gasteiger partial charge in [0.25, 0.3) is 0 Å². The summed E-state index contributed by atoms with van der Waals surface area (Å²) in [6.45, 7) is 5.49. The standard InChI is InChI=1S/C10H14O3/c1-4-8(10(11)12)9-5-6(2)13-7(9)3/h5,8H,4H2,1-3H3,(H,11,12). The first-order chi connectivity index (χ1) is 6.06. The maximum atomic E-state index is 10.9. The predicted molar refractivity (Wildman–Crippen MR) is 48.8 cm³/mol. The lowest BCUT2D eigenvalue weighted by Gasteiger charge is -2.07. The molecule has 0 aromatic carbocycles. The van der Waals surface area contributed by atoms with Gasteiger partial charge in [0.2, 0.25) is 0 Å². The molecule has 1 heterocycles. The van der Waals surface area contributed by atoms with Crippen LogP contribution in [0.4, 0.5) is 0 Å². The normalized spacial score (nSPS) is 12.8. The number of hydrogen-bond donors (Lipinski definition) is 1. The van der Waals surface area contributed by atoms with E-state index < -0.39 is 11.9 Å². The Morgan fingerprint density at radius 2 is 2.23 bits per heavy atom. The third-order valence-electron chi connectivity index (χ3n) is 2.16. The molecular weight excluding hydrogens is 168 g/mol. The SMILES string of the molecule is CCC(C(=O)O)c1cc(C)oc1C. The fourth-order valence-electron chi connectivity index (χ4n) is 1.52. The van der Waals surface area contributed by atoms with Crippen LogP contribution in [-0.4, -0.2) is 11.1 Å². The molecule has 0 bridgehead atoms. The molecule has 1 aromatic heterocycles. The number of carboxylic acids is 1. The molecule has 0 saturated heterocycles. The van der Waals surface area contributed by atoms with Gasteiger partial charge in [-0.3, -0.25) is 4.79 Å². The summed E-state index contributed by atoms with van der Waals surface area (Å²) in [6, 6.07) is 1.80. The highest BCUT2D eigenvalue weighted by molar-refractivity contribution is 5.76. The molecule has 0 amide bonds. The molecule has 0 aliphatic carbocycles. The lowest BCUT2D eigenvalue weighted by atomic mass is 9.97. The minimum absolute atomic E-state index is 0.433. The van der Waals surface area contributed by atoms with Gasteiger partial charge in [-0.1, -0.05) is 6.92 Å². The summed E-state index contributed by atoms with van der Waals surface area (Å²) < 4.78 is 5.28. The third-order valence-corrected chi connectivity index (χ3v) is 2.16. The van der Waals surface area contributed by atoms with Gasteiger partial charge in [0, 0.05) is 5.56 Å². The first-order valence-electron chi connectivity index (χ1n) is 4.36. The van der Waals surface area contributed by atoms with E-state index in [-0.39, 0.29) is 0 Å². The smallest absolute Gasteiger partial charge is 0.311 e. The molecule has 0 spiro atoms. The largest absolute Gasteiger partial charge is 0.481 e. The number of aliphatic carboxylic acids is 1. The number of rotatable bonds is 3. The first-order valence-corrected chi connectivity index (χ1v) is 4.36. The number of furan rings is 1. The van der Waals surface area contributed by atoms with Crippen LogP contribution in [0.3, 0.4) is 0 Å². The van der Waals surface area contributed by atoms with Crippen LogP contribution in [-0.2, 0) is 4.79 Å². The number of carbonyl (C=O) groups is 1. The van der Waals surface area contributed by atoms with Gasteiger partial charge in [0.1, 0.15) is 11.5 Å². The summed E-state index contributed by atoms with van der Waals surface area (Å²) in [5.74, 6) is 0.266. The van der Waals surface area contributed by atoms with Crippen LogP contribution in [0.25, 0.3) is 0 Å². The van der Waals surface area contributed by atoms with E-state index in [1.54, 1.807) is 13.0 Å². The Hall–Kier alpha value is -1.25. The zero-order valence-electron chi connectivity index (χ0n) is 8.13. The fourth-order valence-corrected chi connectivity index (χ4v) is 1.52. The van der Waals surface area contributed by atoms with Gasteiger partial charge in [-0.25, -0.2) is 0 Å². The van der Waals surface area contributed by atoms with Crippen molar-refractivity contribution in [1.29, 1.82) is 0 Å². The van der Waals surface area contributed by atoms with E-state index in [9.17, 15) is 4.79 Å². The average molecular weight is 182 g/mol. The minimum atomic E-state index is -0.786. The van der Waals surface area contributed by atoms with Gasteiger partial charge in [-0.05, 0) is 26.3 Å².